The van der Waals surface area contributed by atoms with Crippen LogP contribution in [0.2, 0.25) is 0 Å². The molecular formula is C20H25N3O3S. The average molecular weight is 388 g/mol. The Morgan fingerprint density at radius 2 is 2.07 bits per heavy atom. The number of carbonyl (C=O) groups is 1. The Bertz CT molecular complexity index is 939. The quantitative estimate of drug-likeness (QED) is 0.853. The SMILES string of the molecule is CCc1cccc(C)c1Nc1ccc(C(=O)N(C)C2CCS(=O)(=O)C2)cn1. The third kappa shape index (κ3) is 4.30. The van der Waals surface area contributed by atoms with E-state index in [9.17, 15) is 13.2 Å². The number of hydrogen-bond acceptors (Lipinski definition) is 5. The number of sulfone groups is 1. The van der Waals surface area contributed by atoms with Gasteiger partial charge in [0.1, 0.15) is 5.82 Å². The molecule has 7 heteroatoms. The van der Waals surface area contributed by atoms with E-state index in [-0.39, 0.29) is 23.5 Å². The number of amides is 1. The number of aromatic nitrogens is 1. The maximum absolute atomic E-state index is 12.6. The molecule has 0 spiro atoms. The van der Waals surface area contributed by atoms with Crippen molar-refractivity contribution in [3.05, 3.63) is 53.2 Å². The smallest absolute Gasteiger partial charge is 0.255 e. The van der Waals surface area contributed by atoms with E-state index in [2.05, 4.69) is 23.3 Å². The summed E-state index contributed by atoms with van der Waals surface area (Å²) in [5.41, 5.74) is 3.84. The molecule has 1 atom stereocenters. The summed E-state index contributed by atoms with van der Waals surface area (Å²) >= 11 is 0. The lowest BCUT2D eigenvalue weighted by Gasteiger charge is -2.23. The van der Waals surface area contributed by atoms with Crippen LogP contribution in [-0.2, 0) is 16.3 Å². The van der Waals surface area contributed by atoms with Crippen molar-refractivity contribution in [1.82, 2.24) is 9.88 Å². The van der Waals surface area contributed by atoms with Gasteiger partial charge < -0.3 is 10.2 Å². The van der Waals surface area contributed by atoms with Crippen LogP contribution in [0.4, 0.5) is 11.5 Å². The number of hydrogen-bond donors (Lipinski definition) is 1. The van der Waals surface area contributed by atoms with Gasteiger partial charge in [0.2, 0.25) is 0 Å². The van der Waals surface area contributed by atoms with E-state index < -0.39 is 9.84 Å². The minimum Gasteiger partial charge on any atom is -0.340 e. The predicted molar refractivity (Wildman–Crippen MR) is 107 cm³/mol. The highest BCUT2D eigenvalue weighted by Crippen LogP contribution is 2.25. The van der Waals surface area contributed by atoms with Gasteiger partial charge in [-0.15, -0.1) is 0 Å². The summed E-state index contributed by atoms with van der Waals surface area (Å²) in [6.45, 7) is 4.15. The highest BCUT2D eigenvalue weighted by Gasteiger charge is 2.33. The van der Waals surface area contributed by atoms with Crippen LogP contribution in [0.5, 0.6) is 0 Å². The van der Waals surface area contributed by atoms with Crippen molar-refractivity contribution >= 4 is 27.2 Å². The first-order chi connectivity index (χ1) is 12.8. The summed E-state index contributed by atoms with van der Waals surface area (Å²) in [5, 5.41) is 3.34. The molecule has 1 aromatic heterocycles. The first-order valence-corrected chi connectivity index (χ1v) is 10.9. The maximum Gasteiger partial charge on any atom is 0.255 e. The number of anilines is 2. The highest BCUT2D eigenvalue weighted by molar-refractivity contribution is 7.91. The van der Waals surface area contributed by atoms with Crippen molar-refractivity contribution in [3.63, 3.8) is 0 Å². The van der Waals surface area contributed by atoms with Crippen molar-refractivity contribution in [3.8, 4) is 0 Å². The van der Waals surface area contributed by atoms with E-state index >= 15 is 0 Å². The van der Waals surface area contributed by atoms with Gasteiger partial charge in [0.25, 0.3) is 5.91 Å². The van der Waals surface area contributed by atoms with Crippen LogP contribution in [0.3, 0.4) is 0 Å². The Labute approximate surface area is 160 Å². The second kappa shape index (κ2) is 7.68. The van der Waals surface area contributed by atoms with Gasteiger partial charge >= 0.3 is 0 Å². The molecule has 1 amide bonds. The molecule has 1 aromatic carbocycles. The zero-order chi connectivity index (χ0) is 19.6. The zero-order valence-electron chi connectivity index (χ0n) is 15.9. The van der Waals surface area contributed by atoms with Crippen LogP contribution < -0.4 is 5.32 Å². The molecule has 0 bridgehead atoms. The third-order valence-corrected chi connectivity index (χ3v) is 6.83. The van der Waals surface area contributed by atoms with E-state index in [0.717, 1.165) is 17.7 Å². The molecule has 144 valence electrons. The fraction of sp³-hybridized carbons (Fsp3) is 0.400. The molecule has 1 N–H and O–H groups in total. The number of carbonyl (C=O) groups excluding carboxylic acids is 1. The normalized spacial score (nSPS) is 18.3. The summed E-state index contributed by atoms with van der Waals surface area (Å²) < 4.78 is 23.3. The summed E-state index contributed by atoms with van der Waals surface area (Å²) in [7, 11) is -1.37. The summed E-state index contributed by atoms with van der Waals surface area (Å²) in [6.07, 6.45) is 2.94. The van der Waals surface area contributed by atoms with Crippen molar-refractivity contribution < 1.29 is 13.2 Å². The fourth-order valence-electron chi connectivity index (χ4n) is 3.37. The van der Waals surface area contributed by atoms with Gasteiger partial charge in [0.05, 0.1) is 17.1 Å². The van der Waals surface area contributed by atoms with Gasteiger partial charge in [-0.2, -0.15) is 0 Å². The molecular weight excluding hydrogens is 362 g/mol. The third-order valence-electron chi connectivity index (χ3n) is 5.08. The minimum absolute atomic E-state index is 0.0371. The first kappa shape index (κ1) is 19.4. The lowest BCUT2D eigenvalue weighted by Crippen LogP contribution is -2.37. The molecule has 27 heavy (non-hydrogen) atoms. The van der Waals surface area contributed by atoms with Gasteiger partial charge in [-0.25, -0.2) is 13.4 Å². The van der Waals surface area contributed by atoms with Crippen molar-refractivity contribution in [2.24, 2.45) is 0 Å². The fourth-order valence-corrected chi connectivity index (χ4v) is 5.15. The van der Waals surface area contributed by atoms with E-state index in [0.29, 0.717) is 17.8 Å². The van der Waals surface area contributed by atoms with Crippen LogP contribution in [0.25, 0.3) is 0 Å². The molecule has 1 unspecified atom stereocenters. The Kier molecular flexibility index (Phi) is 5.51. The van der Waals surface area contributed by atoms with Gasteiger partial charge in [0, 0.05) is 25.0 Å². The van der Waals surface area contributed by atoms with Crippen LogP contribution >= 0.6 is 0 Å². The lowest BCUT2D eigenvalue weighted by atomic mass is 10.1. The first-order valence-electron chi connectivity index (χ1n) is 9.10. The van der Waals surface area contributed by atoms with Gasteiger partial charge in [-0.1, -0.05) is 25.1 Å². The maximum atomic E-state index is 12.6. The van der Waals surface area contributed by atoms with E-state index in [1.807, 2.05) is 19.1 Å². The monoisotopic (exact) mass is 387 g/mol. The molecule has 0 aliphatic carbocycles. The topological polar surface area (TPSA) is 79.4 Å². The minimum atomic E-state index is -3.03. The van der Waals surface area contributed by atoms with Crippen molar-refractivity contribution in [1.29, 1.82) is 0 Å². The summed E-state index contributed by atoms with van der Waals surface area (Å²) in [4.78, 5) is 18.5. The molecule has 2 heterocycles. The lowest BCUT2D eigenvalue weighted by molar-refractivity contribution is 0.0747. The number of nitrogens with one attached hydrogen (secondary N) is 1. The van der Waals surface area contributed by atoms with Crippen molar-refractivity contribution in [2.45, 2.75) is 32.7 Å². The molecule has 0 saturated carbocycles. The number of rotatable bonds is 5. The second-order valence-electron chi connectivity index (χ2n) is 6.99. The van der Waals surface area contributed by atoms with E-state index in [1.54, 1.807) is 19.2 Å². The second-order valence-corrected chi connectivity index (χ2v) is 9.22. The Morgan fingerprint density at radius 1 is 1.30 bits per heavy atom. The van der Waals surface area contributed by atoms with E-state index in [1.165, 1.54) is 16.7 Å². The summed E-state index contributed by atoms with van der Waals surface area (Å²) in [5.74, 6) is 0.644. The molecule has 1 saturated heterocycles. The standard InChI is InChI=1S/C20H25N3O3S/c1-4-15-7-5-6-14(2)19(15)22-18-9-8-16(12-21-18)20(24)23(3)17-10-11-27(25,26)13-17/h5-9,12,17H,4,10-11,13H2,1-3H3,(H,21,22). The van der Waals surface area contributed by atoms with Gasteiger partial charge in [0.15, 0.2) is 9.84 Å². The number of para-hydroxylation sites is 1. The van der Waals surface area contributed by atoms with Crippen LogP contribution in [0, 0.1) is 6.92 Å². The average Bonchev–Trinajstić information content (AvgIpc) is 3.02. The van der Waals surface area contributed by atoms with Crippen LogP contribution in [0.1, 0.15) is 34.8 Å². The predicted octanol–water partition coefficient (Wildman–Crippen LogP) is 2.96. The van der Waals surface area contributed by atoms with Crippen molar-refractivity contribution in [2.75, 3.05) is 23.9 Å². The highest BCUT2D eigenvalue weighted by atomic mass is 32.2. The molecule has 1 aliphatic heterocycles. The van der Waals surface area contributed by atoms with Gasteiger partial charge in [-0.05, 0) is 43.0 Å². The molecule has 6 nitrogen and oxygen atoms in total. The molecule has 1 aliphatic rings. The van der Waals surface area contributed by atoms with E-state index in [4.69, 9.17) is 0 Å². The Morgan fingerprint density at radius 3 is 2.67 bits per heavy atom. The van der Waals surface area contributed by atoms with Crippen LogP contribution in [-0.4, -0.2) is 48.8 Å². The molecule has 3 rings (SSSR count). The van der Waals surface area contributed by atoms with Gasteiger partial charge in [-0.3, -0.25) is 4.79 Å². The summed E-state index contributed by atoms with van der Waals surface area (Å²) in [6, 6.07) is 9.40. The molecule has 0 radical (unpaired) electrons. The zero-order valence-corrected chi connectivity index (χ0v) is 16.7. The number of nitrogens with zero attached hydrogens (tertiary/aromatic N) is 2. The Balaban J connectivity index is 1.73. The largest absolute Gasteiger partial charge is 0.340 e. The number of pyridine rings is 1. The Hall–Kier alpha value is -2.41. The number of benzene rings is 1. The molecule has 2 aromatic rings. The molecule has 1 fully saturated rings. The van der Waals surface area contributed by atoms with Crippen LogP contribution in [0.15, 0.2) is 36.5 Å². The number of aryl methyl sites for hydroxylation is 2.